The van der Waals surface area contributed by atoms with Crippen LogP contribution in [0.5, 0.6) is 11.5 Å². The Kier molecular flexibility index (Phi) is 7.09. The quantitative estimate of drug-likeness (QED) is 0.0796. The molecule has 168 valence electrons. The number of hydrogen-bond donors (Lipinski definition) is 0. The maximum Gasteiger partial charge on any atom is 0.269 e. The lowest BCUT2D eigenvalue weighted by molar-refractivity contribution is -0.384. The molecule has 0 atom stereocenters. The van der Waals surface area contributed by atoms with E-state index < -0.39 is 4.92 Å². The van der Waals surface area contributed by atoms with E-state index in [-0.39, 0.29) is 12.3 Å². The van der Waals surface area contributed by atoms with E-state index in [1.807, 2.05) is 60.7 Å². The zero-order valence-corrected chi connectivity index (χ0v) is 20.4. The third kappa shape index (κ3) is 5.18. The third-order valence-electron chi connectivity index (χ3n) is 5.27. The van der Waals surface area contributed by atoms with E-state index in [0.29, 0.717) is 17.1 Å². The highest BCUT2D eigenvalue weighted by molar-refractivity contribution is 14.1. The van der Waals surface area contributed by atoms with Gasteiger partial charge in [0.25, 0.3) is 5.69 Å². The Morgan fingerprint density at radius 2 is 1.79 bits per heavy atom. The van der Waals surface area contributed by atoms with Gasteiger partial charge < -0.3 is 9.47 Å². The fraction of sp³-hybridized carbons (Fsp3) is 0.0741. The number of nitriles is 1. The van der Waals surface area contributed by atoms with Gasteiger partial charge in [-0.15, -0.1) is 0 Å². The van der Waals surface area contributed by atoms with Gasteiger partial charge in [-0.25, -0.2) is 0 Å². The molecule has 0 radical (unpaired) electrons. The van der Waals surface area contributed by atoms with E-state index in [9.17, 15) is 15.4 Å². The molecule has 0 saturated heterocycles. The first kappa shape index (κ1) is 23.3. The molecule has 0 bridgehead atoms. The fourth-order valence-corrected chi connectivity index (χ4v) is 4.32. The van der Waals surface area contributed by atoms with Crippen LogP contribution >= 0.6 is 22.6 Å². The van der Waals surface area contributed by atoms with Crippen LogP contribution < -0.4 is 9.47 Å². The lowest BCUT2D eigenvalue weighted by atomic mass is 10.00. The number of rotatable bonds is 7. The Morgan fingerprint density at radius 3 is 2.47 bits per heavy atom. The largest absolute Gasteiger partial charge is 0.493 e. The molecule has 0 heterocycles. The van der Waals surface area contributed by atoms with Crippen LogP contribution in [0.25, 0.3) is 22.4 Å². The molecule has 0 aromatic heterocycles. The highest BCUT2D eigenvalue weighted by Gasteiger charge is 2.13. The zero-order valence-electron chi connectivity index (χ0n) is 18.2. The summed E-state index contributed by atoms with van der Waals surface area (Å²) in [5, 5.41) is 22.8. The average molecular weight is 562 g/mol. The van der Waals surface area contributed by atoms with Crippen molar-refractivity contribution in [2.24, 2.45) is 0 Å². The SMILES string of the molecule is COc1cc(/C=C(/C#N)c2ccc3ccccc3c2)cc(I)c1OCc1ccc([N+](=O)[O-])cc1. The molecule has 4 aromatic carbocycles. The van der Waals surface area contributed by atoms with Crippen molar-refractivity contribution < 1.29 is 14.4 Å². The second-order valence-electron chi connectivity index (χ2n) is 7.48. The van der Waals surface area contributed by atoms with Gasteiger partial charge in [0.15, 0.2) is 11.5 Å². The number of allylic oxidation sites excluding steroid dienone is 1. The van der Waals surface area contributed by atoms with Gasteiger partial charge in [-0.05, 0) is 86.5 Å². The van der Waals surface area contributed by atoms with Crippen molar-refractivity contribution in [1.29, 1.82) is 5.26 Å². The van der Waals surface area contributed by atoms with Gasteiger partial charge in [0.1, 0.15) is 6.61 Å². The summed E-state index contributed by atoms with van der Waals surface area (Å²) < 4.78 is 12.3. The Balaban J connectivity index is 1.60. The Labute approximate surface area is 210 Å². The molecule has 0 N–H and O–H groups in total. The monoisotopic (exact) mass is 562 g/mol. The zero-order chi connectivity index (χ0) is 24.1. The van der Waals surface area contributed by atoms with Gasteiger partial charge in [0, 0.05) is 12.1 Å². The summed E-state index contributed by atoms with van der Waals surface area (Å²) in [6.45, 7) is 0.236. The lowest BCUT2D eigenvalue weighted by Crippen LogP contribution is -2.00. The first-order valence-corrected chi connectivity index (χ1v) is 11.4. The molecule has 0 aliphatic heterocycles. The summed E-state index contributed by atoms with van der Waals surface area (Å²) >= 11 is 2.17. The van der Waals surface area contributed by atoms with Crippen LogP contribution in [-0.4, -0.2) is 12.0 Å². The number of hydrogen-bond acceptors (Lipinski definition) is 5. The van der Waals surface area contributed by atoms with Crippen LogP contribution in [0.3, 0.4) is 0 Å². The van der Waals surface area contributed by atoms with Crippen molar-refractivity contribution in [2.45, 2.75) is 6.61 Å². The van der Waals surface area contributed by atoms with Crippen LogP contribution in [0.1, 0.15) is 16.7 Å². The second kappa shape index (κ2) is 10.4. The summed E-state index contributed by atoms with van der Waals surface area (Å²) in [7, 11) is 1.56. The Hall–Kier alpha value is -3.90. The lowest BCUT2D eigenvalue weighted by Gasteiger charge is -2.14. The molecule has 0 amide bonds. The van der Waals surface area contributed by atoms with Crippen LogP contribution in [0.15, 0.2) is 78.9 Å². The molecule has 6 nitrogen and oxygen atoms in total. The minimum absolute atomic E-state index is 0.0340. The average Bonchev–Trinajstić information content (AvgIpc) is 2.86. The van der Waals surface area contributed by atoms with E-state index in [1.54, 1.807) is 19.2 Å². The summed E-state index contributed by atoms with van der Waals surface area (Å²) in [5.74, 6) is 1.11. The first-order chi connectivity index (χ1) is 16.5. The smallest absolute Gasteiger partial charge is 0.269 e. The molecule has 4 rings (SSSR count). The van der Waals surface area contributed by atoms with E-state index >= 15 is 0 Å². The summed E-state index contributed by atoms with van der Waals surface area (Å²) in [4.78, 5) is 10.4. The Morgan fingerprint density at radius 1 is 1.06 bits per heavy atom. The topological polar surface area (TPSA) is 85.4 Å². The van der Waals surface area contributed by atoms with Crippen LogP contribution in [0, 0.1) is 25.0 Å². The predicted molar refractivity (Wildman–Crippen MR) is 141 cm³/mol. The number of fused-ring (bicyclic) bond motifs is 1. The summed E-state index contributed by atoms with van der Waals surface area (Å²) in [6, 6.07) is 26.3. The van der Waals surface area contributed by atoms with Crippen LogP contribution in [0.4, 0.5) is 5.69 Å². The molecule has 0 unspecified atom stereocenters. The van der Waals surface area contributed by atoms with Gasteiger partial charge in [-0.1, -0.05) is 36.4 Å². The number of benzene rings is 4. The molecule has 0 aliphatic rings. The number of non-ortho nitro benzene ring substituents is 1. The molecule has 0 fully saturated rings. The van der Waals surface area contributed by atoms with E-state index in [4.69, 9.17) is 9.47 Å². The minimum atomic E-state index is -0.434. The highest BCUT2D eigenvalue weighted by Crippen LogP contribution is 2.36. The van der Waals surface area contributed by atoms with Crippen LogP contribution in [-0.2, 0) is 6.61 Å². The number of nitro benzene ring substituents is 1. The normalized spacial score (nSPS) is 11.1. The second-order valence-corrected chi connectivity index (χ2v) is 8.64. The molecule has 0 aliphatic carbocycles. The van der Waals surface area contributed by atoms with Crippen molar-refractivity contribution in [3.63, 3.8) is 0 Å². The molecule has 4 aromatic rings. The molecule has 0 saturated carbocycles. The highest BCUT2D eigenvalue weighted by atomic mass is 127. The summed E-state index contributed by atoms with van der Waals surface area (Å²) in [6.07, 6.45) is 1.83. The van der Waals surface area contributed by atoms with Gasteiger partial charge in [-0.3, -0.25) is 10.1 Å². The molecule has 0 spiro atoms. The van der Waals surface area contributed by atoms with Crippen LogP contribution in [0.2, 0.25) is 0 Å². The predicted octanol–water partition coefficient (Wildman–Crippen LogP) is 7.00. The molecule has 7 heteroatoms. The van der Waals surface area contributed by atoms with Crippen molar-refractivity contribution in [2.75, 3.05) is 7.11 Å². The number of methoxy groups -OCH3 is 1. The Bertz CT molecular complexity index is 1440. The standard InChI is InChI=1S/C27H19IN2O4/c1-33-26-14-19(12-23(16-29)22-9-8-20-4-2-3-5-21(20)15-22)13-25(28)27(26)34-17-18-6-10-24(11-7-18)30(31)32/h2-15H,17H2,1H3/b23-12-. The van der Waals surface area contributed by atoms with E-state index in [0.717, 1.165) is 31.0 Å². The third-order valence-corrected chi connectivity index (χ3v) is 6.08. The van der Waals surface area contributed by atoms with Crippen molar-refractivity contribution in [3.05, 3.63) is 109 Å². The van der Waals surface area contributed by atoms with Gasteiger partial charge in [-0.2, -0.15) is 5.26 Å². The van der Waals surface area contributed by atoms with E-state index in [1.165, 1.54) is 12.1 Å². The number of halogens is 1. The number of ether oxygens (including phenoxy) is 2. The van der Waals surface area contributed by atoms with Gasteiger partial charge in [0.2, 0.25) is 0 Å². The van der Waals surface area contributed by atoms with Crippen molar-refractivity contribution in [1.82, 2.24) is 0 Å². The summed E-state index contributed by atoms with van der Waals surface area (Å²) in [5.41, 5.74) is 3.03. The number of nitro groups is 1. The first-order valence-electron chi connectivity index (χ1n) is 10.3. The molecule has 34 heavy (non-hydrogen) atoms. The number of nitrogens with zero attached hydrogens (tertiary/aromatic N) is 2. The van der Waals surface area contributed by atoms with Gasteiger partial charge >= 0.3 is 0 Å². The molecular weight excluding hydrogens is 543 g/mol. The molecular formula is C27H19IN2O4. The van der Waals surface area contributed by atoms with Crippen molar-refractivity contribution in [3.8, 4) is 17.6 Å². The fourth-order valence-electron chi connectivity index (χ4n) is 3.54. The van der Waals surface area contributed by atoms with E-state index in [2.05, 4.69) is 28.7 Å². The van der Waals surface area contributed by atoms with Crippen molar-refractivity contribution >= 4 is 50.7 Å². The minimum Gasteiger partial charge on any atom is -0.493 e. The maximum atomic E-state index is 10.8. The van der Waals surface area contributed by atoms with Gasteiger partial charge in [0.05, 0.1) is 27.2 Å². The maximum absolute atomic E-state index is 10.8.